The molecule has 0 aromatic heterocycles. The van der Waals surface area contributed by atoms with E-state index in [-0.39, 0.29) is 0 Å². The molecule has 1 rings (SSSR count). The van der Waals surface area contributed by atoms with Crippen LogP contribution in [-0.4, -0.2) is 26.3 Å². The minimum Gasteiger partial charge on any atom is -0.384 e. The normalized spacial score (nSPS) is 27.9. The van der Waals surface area contributed by atoms with Crippen LogP contribution in [0.5, 0.6) is 0 Å². The van der Waals surface area contributed by atoms with E-state index in [9.17, 15) is 0 Å². The molecule has 1 aliphatic carbocycles. The van der Waals surface area contributed by atoms with E-state index in [0.717, 1.165) is 19.2 Å². The molecular weight excluding hydrogens is 174 g/mol. The van der Waals surface area contributed by atoms with Crippen molar-refractivity contribution in [2.45, 2.75) is 46.1 Å². The largest absolute Gasteiger partial charge is 0.384 e. The Morgan fingerprint density at radius 2 is 2.21 bits per heavy atom. The molecule has 1 aliphatic rings. The van der Waals surface area contributed by atoms with Gasteiger partial charge in [0.05, 0.1) is 0 Å². The van der Waals surface area contributed by atoms with Crippen LogP contribution < -0.4 is 5.32 Å². The van der Waals surface area contributed by atoms with Gasteiger partial charge in [-0.05, 0) is 30.6 Å². The summed E-state index contributed by atoms with van der Waals surface area (Å²) in [6, 6.07) is 0.740. The lowest BCUT2D eigenvalue weighted by molar-refractivity contribution is 0.156. The molecule has 0 aliphatic heterocycles. The number of rotatable bonds is 5. The monoisotopic (exact) mass is 199 g/mol. The van der Waals surface area contributed by atoms with Crippen molar-refractivity contribution in [2.75, 3.05) is 20.3 Å². The fraction of sp³-hybridized carbons (Fsp3) is 1.00. The Hall–Kier alpha value is -0.0800. The molecular formula is C12H25NO. The third kappa shape index (κ3) is 3.97. The van der Waals surface area contributed by atoms with Crippen molar-refractivity contribution in [2.24, 2.45) is 11.3 Å². The fourth-order valence-electron chi connectivity index (χ4n) is 2.32. The first-order chi connectivity index (χ1) is 6.53. The highest BCUT2D eigenvalue weighted by atomic mass is 16.5. The second kappa shape index (κ2) is 5.13. The van der Waals surface area contributed by atoms with E-state index in [1.807, 2.05) is 0 Å². The fourth-order valence-corrected chi connectivity index (χ4v) is 2.32. The Balaban J connectivity index is 2.14. The lowest BCUT2D eigenvalue weighted by atomic mass is 9.92. The smallest absolute Gasteiger partial charge is 0.0499 e. The van der Waals surface area contributed by atoms with E-state index in [2.05, 4.69) is 26.1 Å². The number of nitrogens with one attached hydrogen (secondary N) is 1. The number of hydrogen-bond acceptors (Lipinski definition) is 2. The summed E-state index contributed by atoms with van der Waals surface area (Å²) in [6.45, 7) is 8.93. The van der Waals surface area contributed by atoms with Crippen LogP contribution in [0.15, 0.2) is 0 Å². The zero-order chi connectivity index (χ0) is 10.6. The van der Waals surface area contributed by atoms with Gasteiger partial charge in [-0.1, -0.05) is 20.8 Å². The second-order valence-corrected chi connectivity index (χ2v) is 5.57. The van der Waals surface area contributed by atoms with Crippen LogP contribution in [0.2, 0.25) is 0 Å². The minimum atomic E-state index is 0.558. The van der Waals surface area contributed by atoms with E-state index in [1.165, 1.54) is 19.3 Å². The van der Waals surface area contributed by atoms with Crippen molar-refractivity contribution in [3.8, 4) is 0 Å². The van der Waals surface area contributed by atoms with E-state index in [4.69, 9.17) is 4.74 Å². The maximum absolute atomic E-state index is 5.12. The van der Waals surface area contributed by atoms with E-state index in [0.29, 0.717) is 11.3 Å². The van der Waals surface area contributed by atoms with Crippen molar-refractivity contribution in [3.05, 3.63) is 0 Å². The predicted molar refractivity (Wildman–Crippen MR) is 60.5 cm³/mol. The Morgan fingerprint density at radius 1 is 1.50 bits per heavy atom. The third-order valence-corrected chi connectivity index (χ3v) is 3.17. The first kappa shape index (κ1) is 12.0. The van der Waals surface area contributed by atoms with Gasteiger partial charge in [-0.15, -0.1) is 0 Å². The van der Waals surface area contributed by atoms with Gasteiger partial charge in [0.25, 0.3) is 0 Å². The van der Waals surface area contributed by atoms with Crippen molar-refractivity contribution < 1.29 is 4.74 Å². The average molecular weight is 199 g/mol. The van der Waals surface area contributed by atoms with Gasteiger partial charge in [0.15, 0.2) is 0 Å². The predicted octanol–water partition coefficient (Wildman–Crippen LogP) is 2.44. The van der Waals surface area contributed by atoms with Crippen LogP contribution in [0.1, 0.15) is 40.0 Å². The van der Waals surface area contributed by atoms with E-state index < -0.39 is 0 Å². The Labute approximate surface area is 88.4 Å². The summed E-state index contributed by atoms with van der Waals surface area (Å²) in [5.41, 5.74) is 0.558. The lowest BCUT2D eigenvalue weighted by Crippen LogP contribution is -2.32. The molecule has 0 saturated heterocycles. The molecule has 0 aromatic rings. The molecule has 1 N–H and O–H groups in total. The first-order valence-corrected chi connectivity index (χ1v) is 5.76. The molecule has 0 aromatic carbocycles. The zero-order valence-corrected chi connectivity index (χ0v) is 10.1. The Morgan fingerprint density at radius 3 is 2.71 bits per heavy atom. The third-order valence-electron chi connectivity index (χ3n) is 3.17. The highest BCUT2D eigenvalue weighted by Crippen LogP contribution is 2.36. The molecule has 0 bridgehead atoms. The summed E-state index contributed by atoms with van der Waals surface area (Å²) >= 11 is 0. The van der Waals surface area contributed by atoms with Crippen molar-refractivity contribution in [3.63, 3.8) is 0 Å². The molecule has 2 atom stereocenters. The Kier molecular flexibility index (Phi) is 4.39. The van der Waals surface area contributed by atoms with Gasteiger partial charge in [0.2, 0.25) is 0 Å². The number of ether oxygens (including phenoxy) is 1. The Bertz CT molecular complexity index is 168. The van der Waals surface area contributed by atoms with Gasteiger partial charge in [-0.3, -0.25) is 0 Å². The topological polar surface area (TPSA) is 21.3 Å². The highest BCUT2D eigenvalue weighted by molar-refractivity contribution is 4.86. The molecule has 2 unspecified atom stereocenters. The molecule has 0 amide bonds. The summed E-state index contributed by atoms with van der Waals surface area (Å²) in [5.74, 6) is 0.628. The molecule has 1 fully saturated rings. The van der Waals surface area contributed by atoms with Crippen LogP contribution in [-0.2, 0) is 4.74 Å². The quantitative estimate of drug-likeness (QED) is 0.734. The summed E-state index contributed by atoms with van der Waals surface area (Å²) in [5, 5.41) is 3.64. The summed E-state index contributed by atoms with van der Waals surface area (Å²) in [7, 11) is 1.77. The van der Waals surface area contributed by atoms with Crippen LogP contribution in [0.25, 0.3) is 0 Å². The SMILES string of the molecule is COCC(C)CNC1CCC(C)(C)C1. The maximum atomic E-state index is 5.12. The highest BCUT2D eigenvalue weighted by Gasteiger charge is 2.30. The van der Waals surface area contributed by atoms with Crippen LogP contribution in [0, 0.1) is 11.3 Å². The molecule has 14 heavy (non-hydrogen) atoms. The van der Waals surface area contributed by atoms with Crippen LogP contribution >= 0.6 is 0 Å². The average Bonchev–Trinajstić information content (AvgIpc) is 2.43. The molecule has 0 radical (unpaired) electrons. The van der Waals surface area contributed by atoms with Gasteiger partial charge in [0.1, 0.15) is 0 Å². The van der Waals surface area contributed by atoms with E-state index in [1.54, 1.807) is 7.11 Å². The van der Waals surface area contributed by atoms with Crippen LogP contribution in [0.3, 0.4) is 0 Å². The van der Waals surface area contributed by atoms with Crippen molar-refractivity contribution >= 4 is 0 Å². The van der Waals surface area contributed by atoms with Gasteiger partial charge in [-0.2, -0.15) is 0 Å². The van der Waals surface area contributed by atoms with Gasteiger partial charge in [-0.25, -0.2) is 0 Å². The maximum Gasteiger partial charge on any atom is 0.0499 e. The van der Waals surface area contributed by atoms with E-state index >= 15 is 0 Å². The number of hydrogen-bond donors (Lipinski definition) is 1. The number of methoxy groups -OCH3 is 1. The molecule has 0 heterocycles. The zero-order valence-electron chi connectivity index (χ0n) is 10.1. The summed E-state index contributed by atoms with van der Waals surface area (Å²) in [4.78, 5) is 0. The van der Waals surface area contributed by atoms with Crippen LogP contribution in [0.4, 0.5) is 0 Å². The molecule has 1 saturated carbocycles. The second-order valence-electron chi connectivity index (χ2n) is 5.57. The van der Waals surface area contributed by atoms with Gasteiger partial charge in [0, 0.05) is 26.3 Å². The van der Waals surface area contributed by atoms with Crippen molar-refractivity contribution in [1.82, 2.24) is 5.32 Å². The molecule has 2 heteroatoms. The molecule has 2 nitrogen and oxygen atoms in total. The molecule has 0 spiro atoms. The van der Waals surface area contributed by atoms with Crippen molar-refractivity contribution in [1.29, 1.82) is 0 Å². The standard InChI is InChI=1S/C12H25NO/c1-10(9-14-4)8-13-11-5-6-12(2,3)7-11/h10-11,13H,5-9H2,1-4H3. The summed E-state index contributed by atoms with van der Waals surface area (Å²) < 4.78 is 5.12. The minimum absolute atomic E-state index is 0.558. The van der Waals surface area contributed by atoms with Gasteiger partial charge < -0.3 is 10.1 Å². The summed E-state index contributed by atoms with van der Waals surface area (Å²) in [6.07, 6.45) is 4.03. The lowest BCUT2D eigenvalue weighted by Gasteiger charge is -2.19. The molecule has 84 valence electrons. The van der Waals surface area contributed by atoms with Gasteiger partial charge >= 0.3 is 0 Å². The first-order valence-electron chi connectivity index (χ1n) is 5.76.